The first-order valence-electron chi connectivity index (χ1n) is 6.92. The van der Waals surface area contributed by atoms with Crippen LogP contribution in [-0.2, 0) is 6.42 Å². The molecule has 2 heterocycles. The van der Waals surface area contributed by atoms with E-state index in [0.717, 1.165) is 36.7 Å². The molecule has 0 spiro atoms. The Morgan fingerprint density at radius 2 is 1.89 bits per heavy atom. The van der Waals surface area contributed by atoms with Crippen molar-refractivity contribution < 1.29 is 0 Å². The predicted molar refractivity (Wildman–Crippen MR) is 77.2 cm³/mol. The molecule has 3 rings (SSSR count). The molecule has 0 bridgehead atoms. The molecule has 2 aromatic rings. The lowest BCUT2D eigenvalue weighted by Crippen LogP contribution is -2.41. The third kappa shape index (κ3) is 2.51. The van der Waals surface area contributed by atoms with Crippen molar-refractivity contribution >= 4 is 0 Å². The predicted octanol–water partition coefficient (Wildman–Crippen LogP) is 2.70. The summed E-state index contributed by atoms with van der Waals surface area (Å²) in [6.07, 6.45) is 1.07. The van der Waals surface area contributed by atoms with Gasteiger partial charge in [0.25, 0.3) is 0 Å². The molecule has 1 N–H and O–H groups in total. The molecule has 0 aliphatic carbocycles. The highest BCUT2D eigenvalue weighted by Crippen LogP contribution is 2.22. The van der Waals surface area contributed by atoms with Crippen molar-refractivity contribution in [2.45, 2.75) is 26.2 Å². The van der Waals surface area contributed by atoms with E-state index in [2.05, 4.69) is 47.6 Å². The first kappa shape index (κ1) is 12.3. The molecule has 19 heavy (non-hydrogen) atoms. The summed E-state index contributed by atoms with van der Waals surface area (Å²) in [4.78, 5) is 9.29. The lowest BCUT2D eigenvalue weighted by molar-refractivity contribution is 0.429. The summed E-state index contributed by atoms with van der Waals surface area (Å²) >= 11 is 0. The molecule has 1 fully saturated rings. The van der Waals surface area contributed by atoms with Crippen LogP contribution in [0.3, 0.4) is 0 Å². The largest absolute Gasteiger partial charge is 0.315 e. The fourth-order valence-electron chi connectivity index (χ4n) is 2.30. The van der Waals surface area contributed by atoms with E-state index in [1.807, 2.05) is 6.92 Å². The van der Waals surface area contributed by atoms with Gasteiger partial charge in [0.1, 0.15) is 5.82 Å². The van der Waals surface area contributed by atoms with Gasteiger partial charge in [0, 0.05) is 30.3 Å². The highest BCUT2D eigenvalue weighted by atomic mass is 15.0. The van der Waals surface area contributed by atoms with Gasteiger partial charge in [-0.3, -0.25) is 0 Å². The van der Waals surface area contributed by atoms with E-state index in [0.29, 0.717) is 5.92 Å². The van der Waals surface area contributed by atoms with E-state index in [1.54, 1.807) is 0 Å². The zero-order valence-corrected chi connectivity index (χ0v) is 11.5. The molecule has 0 unspecified atom stereocenters. The minimum absolute atomic E-state index is 0.480. The maximum absolute atomic E-state index is 4.73. The Kier molecular flexibility index (Phi) is 3.30. The maximum Gasteiger partial charge on any atom is 0.134 e. The van der Waals surface area contributed by atoms with Crippen LogP contribution in [0, 0.1) is 6.92 Å². The van der Waals surface area contributed by atoms with E-state index in [-0.39, 0.29) is 0 Å². The summed E-state index contributed by atoms with van der Waals surface area (Å²) in [5, 5.41) is 3.27. The first-order valence-corrected chi connectivity index (χ1v) is 6.92. The Morgan fingerprint density at radius 3 is 2.47 bits per heavy atom. The minimum atomic E-state index is 0.480. The van der Waals surface area contributed by atoms with Crippen LogP contribution in [0.5, 0.6) is 0 Å². The van der Waals surface area contributed by atoms with Crippen LogP contribution in [0.25, 0.3) is 11.3 Å². The molecule has 1 aromatic carbocycles. The monoisotopic (exact) mass is 253 g/mol. The molecule has 3 heteroatoms. The van der Waals surface area contributed by atoms with Gasteiger partial charge in [-0.05, 0) is 25.0 Å². The van der Waals surface area contributed by atoms with Crippen LogP contribution in [0.15, 0.2) is 30.3 Å². The number of nitrogens with one attached hydrogen (secondary N) is 1. The molecule has 0 atom stereocenters. The zero-order chi connectivity index (χ0) is 13.2. The Labute approximate surface area is 114 Å². The van der Waals surface area contributed by atoms with Gasteiger partial charge in [0.2, 0.25) is 0 Å². The van der Waals surface area contributed by atoms with E-state index < -0.39 is 0 Å². The van der Waals surface area contributed by atoms with Crippen LogP contribution in [0.4, 0.5) is 0 Å². The van der Waals surface area contributed by atoms with Crippen LogP contribution in [0.1, 0.15) is 29.9 Å². The van der Waals surface area contributed by atoms with E-state index in [4.69, 9.17) is 4.98 Å². The smallest absolute Gasteiger partial charge is 0.134 e. The van der Waals surface area contributed by atoms with Gasteiger partial charge in [0.15, 0.2) is 0 Å². The molecule has 1 aromatic heterocycles. The second-order valence-corrected chi connectivity index (χ2v) is 5.16. The van der Waals surface area contributed by atoms with Crippen LogP contribution < -0.4 is 5.32 Å². The summed E-state index contributed by atoms with van der Waals surface area (Å²) in [7, 11) is 0. The van der Waals surface area contributed by atoms with Crippen LogP contribution in [0.2, 0.25) is 0 Å². The lowest BCUT2D eigenvalue weighted by atomic mass is 10.0. The Bertz CT molecular complexity index is 571. The van der Waals surface area contributed by atoms with Gasteiger partial charge in [-0.1, -0.05) is 31.2 Å². The lowest BCUT2D eigenvalue weighted by Gasteiger charge is -2.26. The average molecular weight is 253 g/mol. The summed E-state index contributed by atoms with van der Waals surface area (Å²) in [6, 6.07) is 10.7. The Hall–Kier alpha value is -1.74. The van der Waals surface area contributed by atoms with Gasteiger partial charge >= 0.3 is 0 Å². The fourth-order valence-corrected chi connectivity index (χ4v) is 2.30. The summed E-state index contributed by atoms with van der Waals surface area (Å²) in [5.74, 6) is 1.46. The molecule has 1 aliphatic heterocycles. The molecule has 0 amide bonds. The van der Waals surface area contributed by atoms with Crippen molar-refractivity contribution in [3.8, 4) is 11.3 Å². The van der Waals surface area contributed by atoms with E-state index in [9.17, 15) is 0 Å². The molecule has 3 nitrogen and oxygen atoms in total. The quantitative estimate of drug-likeness (QED) is 0.914. The number of hydrogen-bond donors (Lipinski definition) is 1. The first-order chi connectivity index (χ1) is 9.26. The highest BCUT2D eigenvalue weighted by Gasteiger charge is 2.22. The van der Waals surface area contributed by atoms with Crippen molar-refractivity contribution in [2.24, 2.45) is 0 Å². The standard InChI is InChI=1S/C16H19N3/c1-3-12-4-6-13(7-5-12)15-8-11(2)18-16(19-15)14-9-17-10-14/h4-8,14,17H,3,9-10H2,1-2H3. The average Bonchev–Trinajstić information content (AvgIpc) is 2.36. The van der Waals surface area contributed by atoms with Gasteiger partial charge < -0.3 is 5.32 Å². The number of aromatic nitrogens is 2. The third-order valence-electron chi connectivity index (χ3n) is 3.68. The zero-order valence-electron chi connectivity index (χ0n) is 11.5. The number of nitrogens with zero attached hydrogens (tertiary/aromatic N) is 2. The van der Waals surface area contributed by atoms with Crippen molar-refractivity contribution in [3.63, 3.8) is 0 Å². The summed E-state index contributed by atoms with van der Waals surface area (Å²) in [6.45, 7) is 6.21. The molecular weight excluding hydrogens is 234 g/mol. The fraction of sp³-hybridized carbons (Fsp3) is 0.375. The van der Waals surface area contributed by atoms with Crippen LogP contribution >= 0.6 is 0 Å². The van der Waals surface area contributed by atoms with Crippen LogP contribution in [-0.4, -0.2) is 23.1 Å². The van der Waals surface area contributed by atoms with E-state index >= 15 is 0 Å². The topological polar surface area (TPSA) is 37.8 Å². The van der Waals surface area contributed by atoms with Crippen molar-refractivity contribution in [1.29, 1.82) is 0 Å². The molecule has 98 valence electrons. The molecule has 0 radical (unpaired) electrons. The molecule has 1 saturated heterocycles. The summed E-state index contributed by atoms with van der Waals surface area (Å²) < 4.78 is 0. The summed E-state index contributed by atoms with van der Waals surface area (Å²) in [5.41, 5.74) is 4.62. The van der Waals surface area contributed by atoms with Gasteiger partial charge in [-0.25, -0.2) is 9.97 Å². The number of hydrogen-bond acceptors (Lipinski definition) is 3. The number of benzene rings is 1. The van der Waals surface area contributed by atoms with Crippen molar-refractivity contribution in [1.82, 2.24) is 15.3 Å². The Balaban J connectivity index is 1.96. The molecule has 0 saturated carbocycles. The number of aryl methyl sites for hydroxylation is 2. The van der Waals surface area contributed by atoms with Gasteiger partial charge in [-0.15, -0.1) is 0 Å². The molecule has 1 aliphatic rings. The highest BCUT2D eigenvalue weighted by molar-refractivity contribution is 5.59. The third-order valence-corrected chi connectivity index (χ3v) is 3.68. The Morgan fingerprint density at radius 1 is 1.16 bits per heavy atom. The second-order valence-electron chi connectivity index (χ2n) is 5.16. The second kappa shape index (κ2) is 5.10. The minimum Gasteiger partial charge on any atom is -0.315 e. The van der Waals surface area contributed by atoms with Gasteiger partial charge in [-0.2, -0.15) is 0 Å². The van der Waals surface area contributed by atoms with E-state index in [1.165, 1.54) is 11.1 Å². The number of rotatable bonds is 3. The SMILES string of the molecule is CCc1ccc(-c2cc(C)nc(C3CNC3)n2)cc1. The van der Waals surface area contributed by atoms with Crippen molar-refractivity contribution in [3.05, 3.63) is 47.4 Å². The van der Waals surface area contributed by atoms with Gasteiger partial charge in [0.05, 0.1) is 5.69 Å². The maximum atomic E-state index is 4.73. The molecular formula is C16H19N3. The normalized spacial score (nSPS) is 15.3. The van der Waals surface area contributed by atoms with Crippen molar-refractivity contribution in [2.75, 3.05) is 13.1 Å².